The fourth-order valence-corrected chi connectivity index (χ4v) is 3.37. The van der Waals surface area contributed by atoms with Crippen molar-refractivity contribution in [3.8, 4) is 0 Å². The van der Waals surface area contributed by atoms with Crippen molar-refractivity contribution in [2.24, 2.45) is 11.7 Å². The highest BCUT2D eigenvalue weighted by atomic mass is 16.1. The van der Waals surface area contributed by atoms with Crippen LogP contribution in [-0.4, -0.2) is 42.5 Å². The van der Waals surface area contributed by atoms with E-state index in [1.54, 1.807) is 0 Å². The second-order valence-electron chi connectivity index (χ2n) is 5.38. The number of likely N-dealkylation sites (N-methyl/N-ethyl adjacent to an activating group) is 1. The zero-order valence-corrected chi connectivity index (χ0v) is 10.8. The first-order valence-corrected chi connectivity index (χ1v) is 6.98. The lowest BCUT2D eigenvalue weighted by Gasteiger charge is -2.33. The zero-order chi connectivity index (χ0) is 12.3. The number of nitrogens with two attached hydrogens (primary N) is 1. The Morgan fingerprint density at radius 1 is 1.41 bits per heavy atom. The van der Waals surface area contributed by atoms with Crippen molar-refractivity contribution in [3.05, 3.63) is 0 Å². The molecule has 1 aliphatic heterocycles. The van der Waals surface area contributed by atoms with Gasteiger partial charge >= 0.3 is 0 Å². The fraction of sp³-hybridized carbons (Fsp3) is 0.923. The van der Waals surface area contributed by atoms with E-state index in [1.165, 1.54) is 19.3 Å². The van der Waals surface area contributed by atoms with Crippen LogP contribution in [0.4, 0.5) is 0 Å². The Hall–Kier alpha value is -0.610. The number of nitrogens with one attached hydrogen (secondary N) is 1. The van der Waals surface area contributed by atoms with Gasteiger partial charge in [0.25, 0.3) is 0 Å². The van der Waals surface area contributed by atoms with Crippen LogP contribution in [-0.2, 0) is 4.79 Å². The SMILES string of the molecule is CCN(CC1CCC(=O)N1)C1CCCC1CN. The molecule has 0 aromatic heterocycles. The number of carbonyl (C=O) groups excluding carboxylic acids is 1. The van der Waals surface area contributed by atoms with Crippen LogP contribution in [0.2, 0.25) is 0 Å². The lowest BCUT2D eigenvalue weighted by molar-refractivity contribution is -0.119. The average Bonchev–Trinajstić information content (AvgIpc) is 2.94. The molecular weight excluding hydrogens is 214 g/mol. The van der Waals surface area contributed by atoms with Gasteiger partial charge in [-0.15, -0.1) is 0 Å². The molecule has 1 heterocycles. The van der Waals surface area contributed by atoms with Crippen molar-refractivity contribution in [2.45, 2.75) is 51.1 Å². The third-order valence-electron chi connectivity index (χ3n) is 4.34. The van der Waals surface area contributed by atoms with Gasteiger partial charge in [-0.25, -0.2) is 0 Å². The molecule has 4 nitrogen and oxygen atoms in total. The Morgan fingerprint density at radius 3 is 2.82 bits per heavy atom. The van der Waals surface area contributed by atoms with E-state index < -0.39 is 0 Å². The molecule has 2 rings (SSSR count). The predicted molar refractivity (Wildman–Crippen MR) is 68.6 cm³/mol. The molecule has 2 aliphatic rings. The van der Waals surface area contributed by atoms with Crippen LogP contribution in [0.5, 0.6) is 0 Å². The molecule has 1 aliphatic carbocycles. The number of rotatable bonds is 5. The Bertz CT molecular complexity index is 269. The highest BCUT2D eigenvalue weighted by Gasteiger charge is 2.32. The smallest absolute Gasteiger partial charge is 0.220 e. The molecular formula is C13H25N3O. The molecule has 1 saturated heterocycles. The summed E-state index contributed by atoms with van der Waals surface area (Å²) in [6.45, 7) is 5.08. The molecule has 0 radical (unpaired) electrons. The van der Waals surface area contributed by atoms with E-state index in [1.807, 2.05) is 0 Å². The third kappa shape index (κ3) is 2.99. The van der Waals surface area contributed by atoms with Crippen molar-refractivity contribution in [1.82, 2.24) is 10.2 Å². The van der Waals surface area contributed by atoms with Crippen LogP contribution >= 0.6 is 0 Å². The van der Waals surface area contributed by atoms with Crippen molar-refractivity contribution in [3.63, 3.8) is 0 Å². The first-order chi connectivity index (χ1) is 8.24. The van der Waals surface area contributed by atoms with Crippen LogP contribution in [0.15, 0.2) is 0 Å². The monoisotopic (exact) mass is 239 g/mol. The second kappa shape index (κ2) is 5.83. The summed E-state index contributed by atoms with van der Waals surface area (Å²) in [5.41, 5.74) is 5.85. The van der Waals surface area contributed by atoms with E-state index in [4.69, 9.17) is 5.73 Å². The van der Waals surface area contributed by atoms with Crippen molar-refractivity contribution < 1.29 is 4.79 Å². The van der Waals surface area contributed by atoms with Gasteiger partial charge < -0.3 is 11.1 Å². The summed E-state index contributed by atoms with van der Waals surface area (Å²) in [6, 6.07) is 1.00. The molecule has 3 atom stereocenters. The van der Waals surface area contributed by atoms with E-state index in [2.05, 4.69) is 17.1 Å². The van der Waals surface area contributed by atoms with Crippen LogP contribution < -0.4 is 11.1 Å². The minimum atomic E-state index is 0.216. The van der Waals surface area contributed by atoms with Crippen LogP contribution in [0, 0.1) is 5.92 Å². The van der Waals surface area contributed by atoms with Gasteiger partial charge in [0.1, 0.15) is 0 Å². The standard InChI is InChI=1S/C13H25N3O/c1-2-16(9-11-6-7-13(17)15-11)12-5-3-4-10(12)8-14/h10-12H,2-9,14H2,1H3,(H,15,17). The largest absolute Gasteiger partial charge is 0.352 e. The maximum atomic E-state index is 11.2. The molecule has 0 aromatic carbocycles. The Morgan fingerprint density at radius 2 is 2.24 bits per heavy atom. The minimum Gasteiger partial charge on any atom is -0.352 e. The lowest BCUT2D eigenvalue weighted by Crippen LogP contribution is -2.46. The first-order valence-electron chi connectivity index (χ1n) is 6.98. The van der Waals surface area contributed by atoms with Gasteiger partial charge in [-0.05, 0) is 38.3 Å². The number of hydrogen-bond acceptors (Lipinski definition) is 3. The molecule has 0 aromatic rings. The lowest BCUT2D eigenvalue weighted by atomic mass is 10.0. The molecule has 0 bridgehead atoms. The van der Waals surface area contributed by atoms with Gasteiger partial charge in [-0.2, -0.15) is 0 Å². The molecule has 3 unspecified atom stereocenters. The minimum absolute atomic E-state index is 0.216. The van der Waals surface area contributed by atoms with Gasteiger partial charge in [-0.1, -0.05) is 13.3 Å². The molecule has 2 fully saturated rings. The quantitative estimate of drug-likeness (QED) is 0.743. The first kappa shape index (κ1) is 12.8. The zero-order valence-electron chi connectivity index (χ0n) is 10.8. The molecule has 98 valence electrons. The summed E-state index contributed by atoms with van der Waals surface area (Å²) in [6.07, 6.45) is 5.55. The number of nitrogens with zero attached hydrogens (tertiary/aromatic N) is 1. The summed E-state index contributed by atoms with van der Waals surface area (Å²) in [7, 11) is 0. The highest BCUT2D eigenvalue weighted by molar-refractivity contribution is 5.78. The highest BCUT2D eigenvalue weighted by Crippen LogP contribution is 2.29. The topological polar surface area (TPSA) is 58.4 Å². The Labute approximate surface area is 104 Å². The average molecular weight is 239 g/mol. The molecule has 1 amide bonds. The van der Waals surface area contributed by atoms with Crippen LogP contribution in [0.3, 0.4) is 0 Å². The maximum absolute atomic E-state index is 11.2. The Kier molecular flexibility index (Phi) is 4.40. The normalized spacial score (nSPS) is 33.4. The number of amides is 1. The molecule has 3 N–H and O–H groups in total. The van der Waals surface area contributed by atoms with Gasteiger partial charge in [-0.3, -0.25) is 9.69 Å². The molecule has 0 spiro atoms. The Balaban J connectivity index is 1.89. The van der Waals surface area contributed by atoms with Crippen molar-refractivity contribution in [1.29, 1.82) is 0 Å². The van der Waals surface area contributed by atoms with Crippen LogP contribution in [0.1, 0.15) is 39.0 Å². The summed E-state index contributed by atoms with van der Waals surface area (Å²) in [5.74, 6) is 0.875. The molecule has 4 heteroatoms. The summed E-state index contributed by atoms with van der Waals surface area (Å²) in [5, 5.41) is 3.06. The van der Waals surface area contributed by atoms with E-state index in [0.717, 1.165) is 26.1 Å². The summed E-state index contributed by atoms with van der Waals surface area (Å²) < 4.78 is 0. The van der Waals surface area contributed by atoms with Crippen molar-refractivity contribution in [2.75, 3.05) is 19.6 Å². The van der Waals surface area contributed by atoms with E-state index in [0.29, 0.717) is 24.4 Å². The fourth-order valence-electron chi connectivity index (χ4n) is 3.37. The number of carbonyl (C=O) groups is 1. The van der Waals surface area contributed by atoms with E-state index in [9.17, 15) is 4.79 Å². The predicted octanol–water partition coefficient (Wildman–Crippen LogP) is 0.714. The third-order valence-corrected chi connectivity index (χ3v) is 4.34. The molecule has 17 heavy (non-hydrogen) atoms. The van der Waals surface area contributed by atoms with Gasteiger partial charge in [0.05, 0.1) is 0 Å². The summed E-state index contributed by atoms with van der Waals surface area (Å²) in [4.78, 5) is 13.7. The summed E-state index contributed by atoms with van der Waals surface area (Å²) >= 11 is 0. The van der Waals surface area contributed by atoms with E-state index in [-0.39, 0.29) is 5.91 Å². The number of hydrogen-bond donors (Lipinski definition) is 2. The van der Waals surface area contributed by atoms with E-state index >= 15 is 0 Å². The van der Waals surface area contributed by atoms with Gasteiger partial charge in [0.15, 0.2) is 0 Å². The maximum Gasteiger partial charge on any atom is 0.220 e. The van der Waals surface area contributed by atoms with Gasteiger partial charge in [0, 0.05) is 25.0 Å². The molecule has 1 saturated carbocycles. The van der Waals surface area contributed by atoms with Crippen LogP contribution in [0.25, 0.3) is 0 Å². The second-order valence-corrected chi connectivity index (χ2v) is 5.38. The van der Waals surface area contributed by atoms with Crippen molar-refractivity contribution >= 4 is 5.91 Å². The van der Waals surface area contributed by atoms with Gasteiger partial charge in [0.2, 0.25) is 5.91 Å².